The third kappa shape index (κ3) is 0.836. The average molecular weight is 137 g/mol. The van der Waals surface area contributed by atoms with Gasteiger partial charge in [-0.05, 0) is 12.2 Å². The molecule has 0 amide bonds. The van der Waals surface area contributed by atoms with E-state index in [4.69, 9.17) is 5.73 Å². The summed E-state index contributed by atoms with van der Waals surface area (Å²) in [5.74, 6) is 0. The second-order valence-electron chi connectivity index (χ2n) is 2.66. The summed E-state index contributed by atoms with van der Waals surface area (Å²) in [6.45, 7) is 0.878. The predicted octanol–water partition coefficient (Wildman–Crippen LogP) is -0.714. The minimum absolute atomic E-state index is 0.407. The van der Waals surface area contributed by atoms with Gasteiger partial charge in [0.05, 0.1) is 0 Å². The molecule has 2 unspecified atom stereocenters. The fourth-order valence-corrected chi connectivity index (χ4v) is 1.38. The third-order valence-corrected chi connectivity index (χ3v) is 1.93. The van der Waals surface area contributed by atoms with Gasteiger partial charge in [-0.15, -0.1) is 0 Å². The molecule has 3 heteroatoms. The first-order valence-electron chi connectivity index (χ1n) is 3.48. The summed E-state index contributed by atoms with van der Waals surface area (Å²) in [5.41, 5.74) is 6.46. The highest BCUT2D eigenvalue weighted by Crippen LogP contribution is 2.10. The van der Waals surface area contributed by atoms with Crippen LogP contribution in [0.5, 0.6) is 0 Å². The van der Waals surface area contributed by atoms with E-state index in [0.29, 0.717) is 12.1 Å². The van der Waals surface area contributed by atoms with E-state index in [1.54, 1.807) is 0 Å². The van der Waals surface area contributed by atoms with E-state index in [9.17, 15) is 0 Å². The fraction of sp³-hybridized carbons (Fsp3) is 0.429. The zero-order valence-electron chi connectivity index (χ0n) is 5.67. The maximum absolute atomic E-state index is 5.60. The van der Waals surface area contributed by atoms with Gasteiger partial charge in [-0.3, -0.25) is 10.6 Å². The van der Waals surface area contributed by atoms with Crippen molar-refractivity contribution >= 4 is 0 Å². The second kappa shape index (κ2) is 2.11. The van der Waals surface area contributed by atoms with Crippen LogP contribution >= 0.6 is 0 Å². The zero-order valence-corrected chi connectivity index (χ0v) is 5.67. The van der Waals surface area contributed by atoms with E-state index in [-0.39, 0.29) is 0 Å². The van der Waals surface area contributed by atoms with Crippen LogP contribution in [0.4, 0.5) is 0 Å². The summed E-state index contributed by atoms with van der Waals surface area (Å²) in [5, 5.41) is 6.55. The Hall–Kier alpha value is -0.800. The number of allylic oxidation sites excluding steroid dienone is 1. The van der Waals surface area contributed by atoms with Crippen LogP contribution in [0, 0.1) is 0 Å². The Balaban J connectivity index is 2.20. The van der Waals surface area contributed by atoms with Crippen molar-refractivity contribution < 1.29 is 0 Å². The normalized spacial score (nSPS) is 37.4. The van der Waals surface area contributed by atoms with E-state index in [0.717, 1.165) is 12.4 Å². The van der Waals surface area contributed by atoms with E-state index in [1.807, 2.05) is 12.2 Å². The monoisotopic (exact) mass is 137 g/mol. The van der Waals surface area contributed by atoms with E-state index in [2.05, 4.69) is 16.7 Å². The van der Waals surface area contributed by atoms with E-state index in [1.165, 1.54) is 0 Å². The Kier molecular flexibility index (Phi) is 1.25. The van der Waals surface area contributed by atoms with Crippen LogP contribution in [0.3, 0.4) is 0 Å². The van der Waals surface area contributed by atoms with Crippen molar-refractivity contribution in [2.75, 3.05) is 6.67 Å². The maximum Gasteiger partial charge on any atom is 0.0475 e. The third-order valence-electron chi connectivity index (χ3n) is 1.93. The van der Waals surface area contributed by atoms with E-state index >= 15 is 0 Å². The minimum Gasteiger partial charge on any atom is -0.399 e. The van der Waals surface area contributed by atoms with Gasteiger partial charge >= 0.3 is 0 Å². The highest BCUT2D eigenvalue weighted by Gasteiger charge is 2.23. The van der Waals surface area contributed by atoms with Gasteiger partial charge in [0, 0.05) is 24.4 Å². The molecule has 0 aromatic heterocycles. The number of hydrogen-bond acceptors (Lipinski definition) is 3. The van der Waals surface area contributed by atoms with Crippen molar-refractivity contribution in [3.05, 3.63) is 23.9 Å². The standard InChI is InChI=1S/C7H11N3/c8-5-1-2-6-7(3-5)10-4-9-6/h1-3,6-7,9-10H,4,8H2. The predicted molar refractivity (Wildman–Crippen MR) is 40.1 cm³/mol. The van der Waals surface area contributed by atoms with Crippen molar-refractivity contribution in [2.45, 2.75) is 12.1 Å². The largest absolute Gasteiger partial charge is 0.399 e. The first-order chi connectivity index (χ1) is 4.86. The molecule has 0 radical (unpaired) electrons. The molecule has 1 saturated heterocycles. The summed E-state index contributed by atoms with van der Waals surface area (Å²) in [6.07, 6.45) is 6.09. The summed E-state index contributed by atoms with van der Waals surface area (Å²) in [7, 11) is 0. The molecule has 0 aromatic carbocycles. The molecule has 10 heavy (non-hydrogen) atoms. The number of rotatable bonds is 0. The second-order valence-corrected chi connectivity index (χ2v) is 2.66. The number of nitrogens with one attached hydrogen (secondary N) is 2. The lowest BCUT2D eigenvalue weighted by molar-refractivity contribution is 0.669. The van der Waals surface area contributed by atoms with Crippen molar-refractivity contribution in [3.8, 4) is 0 Å². The van der Waals surface area contributed by atoms with Gasteiger partial charge in [0.2, 0.25) is 0 Å². The van der Waals surface area contributed by atoms with Crippen molar-refractivity contribution in [3.63, 3.8) is 0 Å². The van der Waals surface area contributed by atoms with Crippen LogP contribution in [-0.4, -0.2) is 18.8 Å². The highest BCUT2D eigenvalue weighted by molar-refractivity contribution is 5.28. The van der Waals surface area contributed by atoms with Crippen molar-refractivity contribution in [1.29, 1.82) is 0 Å². The molecule has 1 aliphatic heterocycles. The van der Waals surface area contributed by atoms with Crippen molar-refractivity contribution in [2.24, 2.45) is 5.73 Å². The molecule has 3 nitrogen and oxygen atoms in total. The Labute approximate surface area is 60.0 Å². The van der Waals surface area contributed by atoms with Crippen LogP contribution in [-0.2, 0) is 0 Å². The quantitative estimate of drug-likeness (QED) is 0.413. The first kappa shape index (κ1) is 5.95. The molecule has 1 fully saturated rings. The lowest BCUT2D eigenvalue weighted by Crippen LogP contribution is -2.32. The molecule has 2 aliphatic rings. The number of hydrogen-bond donors (Lipinski definition) is 3. The van der Waals surface area contributed by atoms with Crippen LogP contribution in [0.2, 0.25) is 0 Å². The summed E-state index contributed by atoms with van der Waals surface area (Å²) in [6, 6.07) is 0.859. The maximum atomic E-state index is 5.60. The highest BCUT2D eigenvalue weighted by atomic mass is 15.2. The first-order valence-corrected chi connectivity index (χ1v) is 3.48. The molecule has 0 bridgehead atoms. The number of nitrogens with two attached hydrogens (primary N) is 1. The fourth-order valence-electron chi connectivity index (χ4n) is 1.38. The molecule has 0 spiro atoms. The summed E-state index contributed by atoms with van der Waals surface area (Å²) < 4.78 is 0. The Bertz CT molecular complexity index is 195. The zero-order chi connectivity index (χ0) is 6.97. The van der Waals surface area contributed by atoms with Crippen molar-refractivity contribution in [1.82, 2.24) is 10.6 Å². The molecule has 0 aromatic rings. The van der Waals surface area contributed by atoms with Crippen LogP contribution in [0.15, 0.2) is 23.9 Å². The van der Waals surface area contributed by atoms with Gasteiger partial charge in [0.25, 0.3) is 0 Å². The molecule has 2 rings (SSSR count). The Morgan fingerprint density at radius 2 is 2.20 bits per heavy atom. The van der Waals surface area contributed by atoms with Gasteiger partial charge < -0.3 is 5.73 Å². The molecular weight excluding hydrogens is 126 g/mol. The van der Waals surface area contributed by atoms with Gasteiger partial charge in [-0.25, -0.2) is 0 Å². The van der Waals surface area contributed by atoms with Gasteiger partial charge in [-0.1, -0.05) is 6.08 Å². The minimum atomic E-state index is 0.407. The lowest BCUT2D eigenvalue weighted by Gasteiger charge is -2.15. The molecular formula is C7H11N3. The van der Waals surface area contributed by atoms with Crippen LogP contribution in [0.25, 0.3) is 0 Å². The van der Waals surface area contributed by atoms with Gasteiger partial charge in [0.1, 0.15) is 0 Å². The topological polar surface area (TPSA) is 50.1 Å². The molecule has 4 N–H and O–H groups in total. The SMILES string of the molecule is NC1=CC2NCNC2C=C1. The van der Waals surface area contributed by atoms with E-state index < -0.39 is 0 Å². The molecule has 1 aliphatic carbocycles. The molecule has 2 atom stereocenters. The Morgan fingerprint density at radius 3 is 3.10 bits per heavy atom. The smallest absolute Gasteiger partial charge is 0.0475 e. The van der Waals surface area contributed by atoms with Gasteiger partial charge in [0.15, 0.2) is 0 Å². The molecule has 1 heterocycles. The molecule has 0 saturated carbocycles. The van der Waals surface area contributed by atoms with Gasteiger partial charge in [-0.2, -0.15) is 0 Å². The number of fused-ring (bicyclic) bond motifs is 1. The van der Waals surface area contributed by atoms with Crippen LogP contribution in [0.1, 0.15) is 0 Å². The van der Waals surface area contributed by atoms with Crippen LogP contribution < -0.4 is 16.4 Å². The molecule has 54 valence electrons. The average Bonchev–Trinajstić information content (AvgIpc) is 2.33. The Morgan fingerprint density at radius 1 is 1.40 bits per heavy atom. The summed E-state index contributed by atoms with van der Waals surface area (Å²) in [4.78, 5) is 0. The lowest BCUT2D eigenvalue weighted by atomic mass is 10.0. The summed E-state index contributed by atoms with van der Waals surface area (Å²) >= 11 is 0.